The number of nitrogens with one attached hydrogen (secondary N) is 2. The Hall–Kier alpha value is -3.54. The second kappa shape index (κ2) is 7.60. The first-order chi connectivity index (χ1) is 13.7. The number of nitrogens with zero attached hydrogens (tertiary/aromatic N) is 2. The lowest BCUT2D eigenvalue weighted by Gasteiger charge is -2.09. The third kappa shape index (κ3) is 3.24. The van der Waals surface area contributed by atoms with Crippen LogP contribution in [0, 0.1) is 0 Å². The van der Waals surface area contributed by atoms with Gasteiger partial charge >= 0.3 is 0 Å². The summed E-state index contributed by atoms with van der Waals surface area (Å²) in [5.41, 5.74) is 3.54. The van der Waals surface area contributed by atoms with Crippen LogP contribution in [-0.4, -0.2) is 27.3 Å². The Morgan fingerprint density at radius 2 is 1.89 bits per heavy atom. The number of hydrogen-bond donors (Lipinski definition) is 2. The number of carbonyl (C=O) groups excluding carboxylic acids is 1. The number of hydrogen-bond acceptors (Lipinski definition) is 3. The molecule has 6 nitrogen and oxygen atoms in total. The van der Waals surface area contributed by atoms with Crippen molar-refractivity contribution in [1.29, 1.82) is 0 Å². The highest BCUT2D eigenvalue weighted by molar-refractivity contribution is 6.06. The molecule has 0 saturated heterocycles. The van der Waals surface area contributed by atoms with Crippen molar-refractivity contribution in [2.75, 3.05) is 11.9 Å². The lowest BCUT2D eigenvalue weighted by Crippen LogP contribution is -2.13. The minimum Gasteiger partial charge on any atom is -0.493 e. The molecule has 0 radical (unpaired) electrons. The Morgan fingerprint density at radius 1 is 1.11 bits per heavy atom. The summed E-state index contributed by atoms with van der Waals surface area (Å²) in [4.78, 5) is 12.7. The van der Waals surface area contributed by atoms with E-state index in [0.717, 1.165) is 17.9 Å². The summed E-state index contributed by atoms with van der Waals surface area (Å²) in [6.45, 7) is 5.34. The first-order valence-electron chi connectivity index (χ1n) is 9.38. The largest absolute Gasteiger partial charge is 0.493 e. The second-order valence-corrected chi connectivity index (χ2v) is 6.38. The van der Waals surface area contributed by atoms with Gasteiger partial charge in [0.15, 0.2) is 5.82 Å². The molecule has 0 atom stereocenters. The number of para-hydroxylation sites is 2. The average Bonchev–Trinajstić information content (AvgIpc) is 3.32. The van der Waals surface area contributed by atoms with Gasteiger partial charge in [0.25, 0.3) is 5.91 Å². The van der Waals surface area contributed by atoms with Crippen molar-refractivity contribution >= 4 is 22.6 Å². The number of H-pyrrole nitrogens is 1. The molecule has 142 valence electrons. The van der Waals surface area contributed by atoms with Crippen molar-refractivity contribution in [3.63, 3.8) is 0 Å². The number of aromatic amines is 1. The van der Waals surface area contributed by atoms with Gasteiger partial charge in [-0.3, -0.25) is 9.89 Å². The molecule has 0 bridgehead atoms. The lowest BCUT2D eigenvalue weighted by molar-refractivity contribution is 0.102. The van der Waals surface area contributed by atoms with Gasteiger partial charge in [0.2, 0.25) is 0 Å². The van der Waals surface area contributed by atoms with Crippen LogP contribution in [0.3, 0.4) is 0 Å². The molecular weight excluding hydrogens is 352 g/mol. The van der Waals surface area contributed by atoms with Crippen molar-refractivity contribution in [3.8, 4) is 17.1 Å². The summed E-state index contributed by atoms with van der Waals surface area (Å²) in [6.07, 6.45) is 0. The van der Waals surface area contributed by atoms with E-state index in [-0.39, 0.29) is 5.91 Å². The zero-order chi connectivity index (χ0) is 19.5. The van der Waals surface area contributed by atoms with E-state index in [4.69, 9.17) is 4.74 Å². The Labute approximate surface area is 163 Å². The fourth-order valence-corrected chi connectivity index (χ4v) is 3.41. The molecule has 0 fully saturated rings. The van der Waals surface area contributed by atoms with E-state index in [9.17, 15) is 4.79 Å². The summed E-state index contributed by atoms with van der Waals surface area (Å²) < 4.78 is 7.76. The Balaban J connectivity index is 1.61. The van der Waals surface area contributed by atoms with Crippen LogP contribution in [0.2, 0.25) is 0 Å². The average molecular weight is 374 g/mol. The molecule has 2 aromatic carbocycles. The number of ether oxygens (including phenoxy) is 1. The summed E-state index contributed by atoms with van der Waals surface area (Å²) in [7, 11) is 0. The molecule has 2 heterocycles. The Morgan fingerprint density at radius 3 is 2.71 bits per heavy atom. The fourth-order valence-electron chi connectivity index (χ4n) is 3.41. The van der Waals surface area contributed by atoms with Gasteiger partial charge in [0, 0.05) is 23.5 Å². The molecule has 4 rings (SSSR count). The standard InChI is InChI=1S/C22H22N4O2/c1-3-26-18-11-7-5-9-15(18)13-19(26)17-14-21(25-24-17)23-22(27)16-10-6-8-12-20(16)28-4-2/h5-14H,3-4H2,1-2H3,(H2,23,24,25,27). The fraction of sp³-hybridized carbons (Fsp3) is 0.182. The number of rotatable bonds is 6. The predicted molar refractivity (Wildman–Crippen MR) is 111 cm³/mol. The highest BCUT2D eigenvalue weighted by Gasteiger charge is 2.16. The minimum absolute atomic E-state index is 0.252. The number of amides is 1. The molecule has 0 aliphatic carbocycles. The van der Waals surface area contributed by atoms with E-state index in [2.05, 4.69) is 45.2 Å². The zero-order valence-electron chi connectivity index (χ0n) is 15.9. The summed E-state index contributed by atoms with van der Waals surface area (Å²) in [5.74, 6) is 0.779. The highest BCUT2D eigenvalue weighted by atomic mass is 16.5. The third-order valence-corrected chi connectivity index (χ3v) is 4.65. The van der Waals surface area contributed by atoms with Crippen LogP contribution in [0.15, 0.2) is 60.7 Å². The van der Waals surface area contributed by atoms with Crippen LogP contribution in [0.4, 0.5) is 5.82 Å². The van der Waals surface area contributed by atoms with Crippen molar-refractivity contribution in [2.45, 2.75) is 20.4 Å². The first kappa shape index (κ1) is 17.9. The van der Waals surface area contributed by atoms with Gasteiger partial charge in [0.05, 0.1) is 23.6 Å². The molecule has 2 N–H and O–H groups in total. The molecule has 4 aromatic rings. The maximum Gasteiger partial charge on any atom is 0.260 e. The summed E-state index contributed by atoms with van der Waals surface area (Å²) in [6, 6.07) is 19.4. The molecule has 0 spiro atoms. The number of anilines is 1. The molecule has 2 aromatic heterocycles. The predicted octanol–water partition coefficient (Wildman–Crippen LogP) is 4.70. The number of fused-ring (bicyclic) bond motifs is 1. The molecule has 0 unspecified atom stereocenters. The minimum atomic E-state index is -0.252. The smallest absolute Gasteiger partial charge is 0.260 e. The van der Waals surface area contributed by atoms with Crippen LogP contribution < -0.4 is 10.1 Å². The number of aromatic nitrogens is 3. The molecule has 1 amide bonds. The maximum absolute atomic E-state index is 12.7. The molecular formula is C22H22N4O2. The molecule has 0 saturated carbocycles. The highest BCUT2D eigenvalue weighted by Crippen LogP contribution is 2.28. The van der Waals surface area contributed by atoms with Crippen molar-refractivity contribution in [3.05, 3.63) is 66.2 Å². The van der Waals surface area contributed by atoms with E-state index in [1.165, 1.54) is 10.9 Å². The SMILES string of the molecule is CCOc1ccccc1C(=O)Nc1cc(-c2cc3ccccc3n2CC)[nH]n1. The van der Waals surface area contributed by atoms with E-state index in [0.29, 0.717) is 23.7 Å². The van der Waals surface area contributed by atoms with Gasteiger partial charge < -0.3 is 14.6 Å². The Kier molecular flexibility index (Phi) is 4.85. The van der Waals surface area contributed by atoms with Gasteiger partial charge in [-0.25, -0.2) is 0 Å². The van der Waals surface area contributed by atoms with Crippen LogP contribution in [0.1, 0.15) is 24.2 Å². The number of benzene rings is 2. The summed E-state index contributed by atoms with van der Waals surface area (Å²) >= 11 is 0. The molecule has 0 aliphatic heterocycles. The quantitative estimate of drug-likeness (QED) is 0.514. The van der Waals surface area contributed by atoms with Crippen molar-refractivity contribution in [1.82, 2.24) is 14.8 Å². The third-order valence-electron chi connectivity index (χ3n) is 4.65. The van der Waals surface area contributed by atoms with Gasteiger partial charge in [-0.15, -0.1) is 0 Å². The van der Waals surface area contributed by atoms with Crippen LogP contribution in [-0.2, 0) is 6.54 Å². The van der Waals surface area contributed by atoms with Crippen molar-refractivity contribution < 1.29 is 9.53 Å². The van der Waals surface area contributed by atoms with Crippen LogP contribution >= 0.6 is 0 Å². The van der Waals surface area contributed by atoms with E-state index in [1.54, 1.807) is 12.1 Å². The van der Waals surface area contributed by atoms with Gasteiger partial charge in [0.1, 0.15) is 5.75 Å². The second-order valence-electron chi connectivity index (χ2n) is 6.38. The van der Waals surface area contributed by atoms with Gasteiger partial charge in [-0.05, 0) is 38.1 Å². The maximum atomic E-state index is 12.7. The molecule has 0 aliphatic rings. The topological polar surface area (TPSA) is 71.9 Å². The van der Waals surface area contributed by atoms with Gasteiger partial charge in [-0.2, -0.15) is 5.10 Å². The number of carbonyl (C=O) groups is 1. The van der Waals surface area contributed by atoms with Crippen molar-refractivity contribution in [2.24, 2.45) is 0 Å². The number of aryl methyl sites for hydroxylation is 1. The zero-order valence-corrected chi connectivity index (χ0v) is 15.9. The Bertz CT molecular complexity index is 1130. The monoisotopic (exact) mass is 374 g/mol. The van der Waals surface area contributed by atoms with E-state index in [1.807, 2.05) is 37.3 Å². The van der Waals surface area contributed by atoms with Gasteiger partial charge in [-0.1, -0.05) is 30.3 Å². The van der Waals surface area contributed by atoms with Crippen LogP contribution in [0.25, 0.3) is 22.3 Å². The van der Waals surface area contributed by atoms with E-state index >= 15 is 0 Å². The first-order valence-corrected chi connectivity index (χ1v) is 9.38. The van der Waals surface area contributed by atoms with E-state index < -0.39 is 0 Å². The molecule has 6 heteroatoms. The molecule has 28 heavy (non-hydrogen) atoms. The normalized spacial score (nSPS) is 10.9. The summed E-state index contributed by atoms with van der Waals surface area (Å²) in [5, 5.41) is 11.3. The van der Waals surface area contributed by atoms with Crippen LogP contribution in [0.5, 0.6) is 5.75 Å². The lowest BCUT2D eigenvalue weighted by atomic mass is 10.2.